The van der Waals surface area contributed by atoms with Crippen LogP contribution >= 0.6 is 11.3 Å². The average molecular weight is 210 g/mol. The number of hydrazone groups is 1. The third kappa shape index (κ3) is 2.96. The second-order valence-electron chi connectivity index (χ2n) is 3.36. The van der Waals surface area contributed by atoms with Crippen molar-refractivity contribution in [3.8, 4) is 0 Å². The minimum absolute atomic E-state index is 0.0309. The van der Waals surface area contributed by atoms with Crippen molar-refractivity contribution >= 4 is 23.5 Å². The van der Waals surface area contributed by atoms with E-state index in [1.807, 2.05) is 32.2 Å². The van der Waals surface area contributed by atoms with Gasteiger partial charge in [0.1, 0.15) is 0 Å². The molecule has 3 nitrogen and oxygen atoms in total. The molecular formula is C10H14N2OS. The Labute approximate surface area is 87.8 Å². The van der Waals surface area contributed by atoms with Crippen LogP contribution in [0.1, 0.15) is 24.3 Å². The first-order valence-corrected chi connectivity index (χ1v) is 5.36. The molecule has 76 valence electrons. The highest BCUT2D eigenvalue weighted by Gasteiger charge is 2.03. The lowest BCUT2D eigenvalue weighted by Crippen LogP contribution is -2.22. The van der Waals surface area contributed by atoms with E-state index in [9.17, 15) is 4.79 Å². The fourth-order valence-corrected chi connectivity index (χ4v) is 1.59. The van der Waals surface area contributed by atoms with Crippen LogP contribution in [0, 0.1) is 12.8 Å². The van der Waals surface area contributed by atoms with E-state index in [1.165, 1.54) is 5.56 Å². The summed E-state index contributed by atoms with van der Waals surface area (Å²) in [6.45, 7) is 5.69. The van der Waals surface area contributed by atoms with Gasteiger partial charge in [0.05, 0.1) is 6.21 Å². The first-order valence-electron chi connectivity index (χ1n) is 4.48. The number of carbonyl (C=O) groups is 1. The zero-order valence-corrected chi connectivity index (χ0v) is 9.39. The van der Waals surface area contributed by atoms with E-state index in [0.29, 0.717) is 0 Å². The largest absolute Gasteiger partial charge is 0.273 e. The summed E-state index contributed by atoms with van der Waals surface area (Å²) < 4.78 is 0. The SMILES string of the molecule is Cc1ccsc1C=NNC(=O)C(C)C. The first kappa shape index (κ1) is 10.9. The molecule has 0 fully saturated rings. The molecule has 0 saturated heterocycles. The van der Waals surface area contributed by atoms with Crippen LogP contribution in [0.4, 0.5) is 0 Å². The maximum absolute atomic E-state index is 11.1. The summed E-state index contributed by atoms with van der Waals surface area (Å²) in [5.74, 6) is -0.0907. The fourth-order valence-electron chi connectivity index (χ4n) is 0.800. The predicted molar refractivity (Wildman–Crippen MR) is 59.6 cm³/mol. The van der Waals surface area contributed by atoms with Gasteiger partial charge in [0.2, 0.25) is 5.91 Å². The zero-order chi connectivity index (χ0) is 10.6. The molecule has 4 heteroatoms. The second-order valence-corrected chi connectivity index (χ2v) is 4.30. The van der Waals surface area contributed by atoms with Crippen LogP contribution < -0.4 is 5.43 Å². The van der Waals surface area contributed by atoms with E-state index < -0.39 is 0 Å². The summed E-state index contributed by atoms with van der Waals surface area (Å²) in [5.41, 5.74) is 3.66. The summed E-state index contributed by atoms with van der Waals surface area (Å²) in [5, 5.41) is 5.88. The van der Waals surface area contributed by atoms with Gasteiger partial charge < -0.3 is 0 Å². The van der Waals surface area contributed by atoms with E-state index in [2.05, 4.69) is 10.5 Å². The van der Waals surface area contributed by atoms with Gasteiger partial charge in [0, 0.05) is 10.8 Å². The molecule has 0 aliphatic carbocycles. The standard InChI is InChI=1S/C10H14N2OS/c1-7(2)10(13)12-11-6-9-8(3)4-5-14-9/h4-7H,1-3H3,(H,12,13). The number of thiophene rings is 1. The molecule has 0 aliphatic rings. The normalized spacial score (nSPS) is 11.1. The van der Waals surface area contributed by atoms with Crippen molar-refractivity contribution in [2.75, 3.05) is 0 Å². The van der Waals surface area contributed by atoms with Gasteiger partial charge in [-0.2, -0.15) is 5.10 Å². The molecular weight excluding hydrogens is 196 g/mol. The Morgan fingerprint density at radius 3 is 2.86 bits per heavy atom. The molecule has 0 aromatic carbocycles. The number of nitrogens with one attached hydrogen (secondary N) is 1. The maximum Gasteiger partial charge on any atom is 0.242 e. The lowest BCUT2D eigenvalue weighted by molar-refractivity contribution is -0.123. The van der Waals surface area contributed by atoms with Crippen LogP contribution in [0.2, 0.25) is 0 Å². The van der Waals surface area contributed by atoms with Crippen molar-refractivity contribution in [2.24, 2.45) is 11.0 Å². The molecule has 1 heterocycles. The molecule has 0 atom stereocenters. The Kier molecular flexibility index (Phi) is 3.83. The van der Waals surface area contributed by atoms with Gasteiger partial charge >= 0.3 is 0 Å². The average Bonchev–Trinajstić information content (AvgIpc) is 2.51. The van der Waals surface area contributed by atoms with Gasteiger partial charge in [-0.05, 0) is 23.9 Å². The quantitative estimate of drug-likeness (QED) is 0.603. The van der Waals surface area contributed by atoms with Crippen LogP contribution in [0.25, 0.3) is 0 Å². The van der Waals surface area contributed by atoms with E-state index in [4.69, 9.17) is 0 Å². The molecule has 0 unspecified atom stereocenters. The predicted octanol–water partition coefficient (Wildman–Crippen LogP) is 2.16. The van der Waals surface area contributed by atoms with Crippen LogP contribution in [-0.2, 0) is 4.79 Å². The topological polar surface area (TPSA) is 41.5 Å². The van der Waals surface area contributed by atoms with Gasteiger partial charge in [-0.1, -0.05) is 13.8 Å². The van der Waals surface area contributed by atoms with Gasteiger partial charge in [-0.15, -0.1) is 11.3 Å². The van der Waals surface area contributed by atoms with Gasteiger partial charge in [0.15, 0.2) is 0 Å². The van der Waals surface area contributed by atoms with Gasteiger partial charge in [-0.25, -0.2) is 5.43 Å². The molecule has 0 saturated carbocycles. The summed E-state index contributed by atoms with van der Waals surface area (Å²) >= 11 is 1.61. The minimum atomic E-state index is -0.0598. The van der Waals surface area contributed by atoms with E-state index in [0.717, 1.165) is 4.88 Å². The van der Waals surface area contributed by atoms with Crippen molar-refractivity contribution in [3.63, 3.8) is 0 Å². The number of amides is 1. The Morgan fingerprint density at radius 2 is 2.36 bits per heavy atom. The second kappa shape index (κ2) is 4.91. The van der Waals surface area contributed by atoms with Crippen molar-refractivity contribution in [1.29, 1.82) is 0 Å². The summed E-state index contributed by atoms with van der Waals surface area (Å²) in [6.07, 6.45) is 1.68. The van der Waals surface area contributed by atoms with E-state index >= 15 is 0 Å². The lowest BCUT2D eigenvalue weighted by atomic mass is 10.2. The van der Waals surface area contributed by atoms with Gasteiger partial charge in [-0.3, -0.25) is 4.79 Å². The molecule has 1 rings (SSSR count). The monoisotopic (exact) mass is 210 g/mol. The van der Waals surface area contributed by atoms with Crippen molar-refractivity contribution in [2.45, 2.75) is 20.8 Å². The minimum Gasteiger partial charge on any atom is -0.273 e. The third-order valence-corrected chi connectivity index (χ3v) is 2.74. The van der Waals surface area contributed by atoms with E-state index in [-0.39, 0.29) is 11.8 Å². The van der Waals surface area contributed by atoms with Gasteiger partial charge in [0.25, 0.3) is 0 Å². The van der Waals surface area contributed by atoms with Crippen LogP contribution in [-0.4, -0.2) is 12.1 Å². The third-order valence-electron chi connectivity index (χ3n) is 1.78. The molecule has 0 radical (unpaired) electrons. The molecule has 1 N–H and O–H groups in total. The van der Waals surface area contributed by atoms with Crippen LogP contribution in [0.3, 0.4) is 0 Å². The highest BCUT2D eigenvalue weighted by Crippen LogP contribution is 2.12. The lowest BCUT2D eigenvalue weighted by Gasteiger charge is -2.00. The molecule has 0 aliphatic heterocycles. The highest BCUT2D eigenvalue weighted by atomic mass is 32.1. The summed E-state index contributed by atoms with van der Waals surface area (Å²) in [6, 6.07) is 2.02. The number of carbonyl (C=O) groups excluding carboxylic acids is 1. The zero-order valence-electron chi connectivity index (χ0n) is 8.57. The number of hydrogen-bond acceptors (Lipinski definition) is 3. The van der Waals surface area contributed by atoms with Crippen LogP contribution in [0.15, 0.2) is 16.5 Å². The molecule has 1 aromatic heterocycles. The number of hydrogen-bond donors (Lipinski definition) is 1. The highest BCUT2D eigenvalue weighted by molar-refractivity contribution is 7.11. The van der Waals surface area contributed by atoms with Crippen molar-refractivity contribution in [3.05, 3.63) is 21.9 Å². The van der Waals surface area contributed by atoms with Crippen LogP contribution in [0.5, 0.6) is 0 Å². The number of rotatable bonds is 3. The summed E-state index contributed by atoms with van der Waals surface area (Å²) in [7, 11) is 0. The molecule has 14 heavy (non-hydrogen) atoms. The van der Waals surface area contributed by atoms with Crippen molar-refractivity contribution in [1.82, 2.24) is 5.43 Å². The maximum atomic E-state index is 11.1. The fraction of sp³-hybridized carbons (Fsp3) is 0.400. The Balaban J connectivity index is 2.50. The Hall–Kier alpha value is -1.16. The molecule has 1 amide bonds. The molecule has 1 aromatic rings. The number of nitrogens with zero attached hydrogens (tertiary/aromatic N) is 1. The first-order chi connectivity index (χ1) is 6.61. The Bertz CT molecular complexity index is 342. The molecule has 0 bridgehead atoms. The molecule has 0 spiro atoms. The smallest absolute Gasteiger partial charge is 0.242 e. The van der Waals surface area contributed by atoms with E-state index in [1.54, 1.807) is 17.6 Å². The summed E-state index contributed by atoms with van der Waals surface area (Å²) in [4.78, 5) is 12.2. The van der Waals surface area contributed by atoms with Crippen molar-refractivity contribution < 1.29 is 4.79 Å². The Morgan fingerprint density at radius 1 is 1.64 bits per heavy atom. The number of aryl methyl sites for hydroxylation is 1.